The van der Waals surface area contributed by atoms with Gasteiger partial charge in [-0.1, -0.05) is 0 Å². The van der Waals surface area contributed by atoms with Crippen molar-refractivity contribution in [3.05, 3.63) is 18.2 Å². The van der Waals surface area contributed by atoms with E-state index in [1.165, 1.54) is 0 Å². The maximum atomic E-state index is 12.1. The van der Waals surface area contributed by atoms with Gasteiger partial charge in [-0.3, -0.25) is 9.79 Å². The minimum atomic E-state index is 0.192. The molecule has 1 saturated heterocycles. The molecule has 7 heteroatoms. The van der Waals surface area contributed by atoms with Gasteiger partial charge in [0.2, 0.25) is 5.91 Å². The van der Waals surface area contributed by atoms with E-state index >= 15 is 0 Å². The van der Waals surface area contributed by atoms with Gasteiger partial charge in [-0.2, -0.15) is 0 Å². The van der Waals surface area contributed by atoms with E-state index in [0.717, 1.165) is 56.1 Å². The Kier molecular flexibility index (Phi) is 6.57. The number of rotatable bonds is 5. The van der Waals surface area contributed by atoms with Crippen molar-refractivity contribution in [2.45, 2.75) is 32.6 Å². The number of hydrogen-bond acceptors (Lipinski definition) is 4. The van der Waals surface area contributed by atoms with E-state index in [1.807, 2.05) is 30.0 Å². The van der Waals surface area contributed by atoms with Crippen molar-refractivity contribution in [1.29, 1.82) is 0 Å². The number of fused-ring (bicyclic) bond motifs is 1. The molecule has 0 atom stereocenters. The third kappa shape index (κ3) is 5.03. The van der Waals surface area contributed by atoms with Crippen LogP contribution in [-0.4, -0.2) is 56.2 Å². The van der Waals surface area contributed by atoms with Crippen LogP contribution in [0.25, 0.3) is 0 Å². The summed E-state index contributed by atoms with van der Waals surface area (Å²) in [6, 6.07) is 5.77. The SMILES string of the molecule is CCNC(=NCCC(=O)N1CCCC1)Nc1ccc2c(c1)OCCCO2. The van der Waals surface area contributed by atoms with E-state index in [2.05, 4.69) is 15.6 Å². The quantitative estimate of drug-likeness (QED) is 0.622. The lowest BCUT2D eigenvalue weighted by molar-refractivity contribution is -0.129. The van der Waals surface area contributed by atoms with E-state index in [1.54, 1.807) is 0 Å². The summed E-state index contributed by atoms with van der Waals surface area (Å²) in [5.74, 6) is 2.37. The largest absolute Gasteiger partial charge is 0.490 e. The number of benzene rings is 1. The average Bonchev–Trinajstić information content (AvgIpc) is 3.08. The molecule has 0 spiro atoms. The number of carbonyl (C=O) groups excluding carboxylic acids is 1. The molecule has 0 aromatic heterocycles. The lowest BCUT2D eigenvalue weighted by atomic mass is 10.2. The number of hydrogen-bond donors (Lipinski definition) is 2. The fourth-order valence-electron chi connectivity index (χ4n) is 3.07. The zero-order chi connectivity index (χ0) is 18.2. The highest BCUT2D eigenvalue weighted by Gasteiger charge is 2.17. The second kappa shape index (κ2) is 9.31. The Morgan fingerprint density at radius 2 is 1.92 bits per heavy atom. The normalized spacial score (nSPS) is 17.0. The number of aliphatic imine (C=N–C) groups is 1. The number of nitrogens with one attached hydrogen (secondary N) is 2. The number of ether oxygens (including phenoxy) is 2. The Labute approximate surface area is 154 Å². The number of nitrogens with zero attached hydrogens (tertiary/aromatic N) is 2. The molecule has 0 saturated carbocycles. The van der Waals surface area contributed by atoms with Crippen LogP contribution < -0.4 is 20.1 Å². The van der Waals surface area contributed by atoms with Crippen LogP contribution in [0.15, 0.2) is 23.2 Å². The maximum Gasteiger partial charge on any atom is 0.224 e. The van der Waals surface area contributed by atoms with Gasteiger partial charge in [0, 0.05) is 44.2 Å². The Morgan fingerprint density at radius 3 is 2.69 bits per heavy atom. The Morgan fingerprint density at radius 1 is 1.15 bits per heavy atom. The lowest BCUT2D eigenvalue weighted by Crippen LogP contribution is -2.32. The molecule has 1 amide bonds. The van der Waals surface area contributed by atoms with Crippen molar-refractivity contribution >= 4 is 17.6 Å². The van der Waals surface area contributed by atoms with Crippen molar-refractivity contribution in [2.75, 3.05) is 44.7 Å². The van der Waals surface area contributed by atoms with Crippen molar-refractivity contribution < 1.29 is 14.3 Å². The first kappa shape index (κ1) is 18.4. The summed E-state index contributed by atoms with van der Waals surface area (Å²) in [4.78, 5) is 18.6. The highest BCUT2D eigenvalue weighted by molar-refractivity contribution is 5.94. The first-order valence-electron chi connectivity index (χ1n) is 9.49. The fourth-order valence-corrected chi connectivity index (χ4v) is 3.07. The molecule has 1 fully saturated rings. The van der Waals surface area contributed by atoms with Gasteiger partial charge in [0.25, 0.3) is 0 Å². The number of amides is 1. The van der Waals surface area contributed by atoms with E-state index in [0.29, 0.717) is 32.1 Å². The van der Waals surface area contributed by atoms with Crippen LogP contribution in [0.3, 0.4) is 0 Å². The van der Waals surface area contributed by atoms with Crippen molar-refractivity contribution in [2.24, 2.45) is 4.99 Å². The molecule has 2 heterocycles. The molecule has 0 unspecified atom stereocenters. The van der Waals surface area contributed by atoms with Gasteiger partial charge < -0.3 is 25.0 Å². The van der Waals surface area contributed by atoms with Crippen molar-refractivity contribution in [3.63, 3.8) is 0 Å². The molecule has 2 N–H and O–H groups in total. The average molecular weight is 360 g/mol. The molecule has 7 nitrogen and oxygen atoms in total. The predicted molar refractivity (Wildman–Crippen MR) is 102 cm³/mol. The first-order valence-corrected chi connectivity index (χ1v) is 9.49. The lowest BCUT2D eigenvalue weighted by Gasteiger charge is -2.15. The van der Waals surface area contributed by atoms with E-state index in [9.17, 15) is 4.79 Å². The van der Waals surface area contributed by atoms with E-state index in [-0.39, 0.29) is 5.91 Å². The van der Waals surface area contributed by atoms with Crippen LogP contribution in [-0.2, 0) is 4.79 Å². The number of likely N-dealkylation sites (tertiary alicyclic amines) is 1. The summed E-state index contributed by atoms with van der Waals surface area (Å²) in [5.41, 5.74) is 0.875. The summed E-state index contributed by atoms with van der Waals surface area (Å²) in [6.07, 6.45) is 3.55. The van der Waals surface area contributed by atoms with Gasteiger partial charge in [-0.05, 0) is 31.9 Å². The molecular formula is C19H28N4O3. The van der Waals surface area contributed by atoms with E-state index in [4.69, 9.17) is 9.47 Å². The first-order chi connectivity index (χ1) is 12.8. The van der Waals surface area contributed by atoms with Crippen LogP contribution >= 0.6 is 0 Å². The topological polar surface area (TPSA) is 75.2 Å². The Balaban J connectivity index is 1.58. The van der Waals surface area contributed by atoms with Gasteiger partial charge in [-0.15, -0.1) is 0 Å². The van der Waals surface area contributed by atoms with Gasteiger partial charge in [0.1, 0.15) is 0 Å². The van der Waals surface area contributed by atoms with Crippen molar-refractivity contribution in [1.82, 2.24) is 10.2 Å². The molecule has 2 aliphatic rings. The van der Waals surface area contributed by atoms with Crippen LogP contribution in [0.5, 0.6) is 11.5 Å². The van der Waals surface area contributed by atoms with Crippen LogP contribution in [0.1, 0.15) is 32.6 Å². The molecule has 0 aliphatic carbocycles. The minimum Gasteiger partial charge on any atom is -0.490 e. The van der Waals surface area contributed by atoms with Gasteiger partial charge in [-0.25, -0.2) is 0 Å². The zero-order valence-electron chi connectivity index (χ0n) is 15.4. The molecule has 0 bridgehead atoms. The number of guanidine groups is 1. The standard InChI is InChI=1S/C19H28N4O3/c1-2-20-19(21-9-8-18(24)23-10-3-4-11-23)22-15-6-7-16-17(14-15)26-13-5-12-25-16/h6-7,14H,2-5,8-13H2,1H3,(H2,20,21,22). The monoisotopic (exact) mass is 360 g/mol. The minimum absolute atomic E-state index is 0.192. The van der Waals surface area contributed by atoms with E-state index < -0.39 is 0 Å². The zero-order valence-corrected chi connectivity index (χ0v) is 15.4. The Hall–Kier alpha value is -2.44. The fraction of sp³-hybridized carbons (Fsp3) is 0.579. The van der Waals surface area contributed by atoms with Gasteiger partial charge in [0.15, 0.2) is 17.5 Å². The summed E-state index contributed by atoms with van der Waals surface area (Å²) in [5, 5.41) is 6.48. The molecule has 1 aromatic rings. The smallest absolute Gasteiger partial charge is 0.224 e. The highest BCUT2D eigenvalue weighted by Crippen LogP contribution is 2.32. The van der Waals surface area contributed by atoms with Crippen molar-refractivity contribution in [3.8, 4) is 11.5 Å². The molecular weight excluding hydrogens is 332 g/mol. The third-order valence-electron chi connectivity index (χ3n) is 4.41. The molecule has 26 heavy (non-hydrogen) atoms. The summed E-state index contributed by atoms with van der Waals surface area (Å²) < 4.78 is 11.4. The summed E-state index contributed by atoms with van der Waals surface area (Å²) in [6.45, 7) is 6.33. The molecule has 1 aromatic carbocycles. The van der Waals surface area contributed by atoms with Gasteiger partial charge in [0.05, 0.1) is 19.8 Å². The van der Waals surface area contributed by atoms with Gasteiger partial charge >= 0.3 is 0 Å². The second-order valence-corrected chi connectivity index (χ2v) is 6.44. The molecule has 142 valence electrons. The summed E-state index contributed by atoms with van der Waals surface area (Å²) in [7, 11) is 0. The maximum absolute atomic E-state index is 12.1. The number of anilines is 1. The third-order valence-corrected chi connectivity index (χ3v) is 4.41. The molecule has 0 radical (unpaired) electrons. The molecule has 2 aliphatic heterocycles. The Bertz CT molecular complexity index is 642. The summed E-state index contributed by atoms with van der Waals surface area (Å²) >= 11 is 0. The van der Waals surface area contributed by atoms with Crippen LogP contribution in [0, 0.1) is 0 Å². The number of carbonyl (C=O) groups is 1. The van der Waals surface area contributed by atoms with Crippen LogP contribution in [0.4, 0.5) is 5.69 Å². The van der Waals surface area contributed by atoms with Crippen LogP contribution in [0.2, 0.25) is 0 Å². The second-order valence-electron chi connectivity index (χ2n) is 6.44. The predicted octanol–water partition coefficient (Wildman–Crippen LogP) is 2.24. The molecule has 3 rings (SSSR count). The highest BCUT2D eigenvalue weighted by atomic mass is 16.5.